The van der Waals surface area contributed by atoms with Gasteiger partial charge in [-0.15, -0.1) is 0 Å². The van der Waals surface area contributed by atoms with E-state index in [2.05, 4.69) is 42.5 Å². The summed E-state index contributed by atoms with van der Waals surface area (Å²) in [5.74, 6) is -1.14. The number of hydrogen-bond donors (Lipinski definition) is 3. The number of anilines is 1. The first-order valence-electron chi connectivity index (χ1n) is 9.11. The number of amides is 1. The highest BCUT2D eigenvalue weighted by molar-refractivity contribution is 9.11. The van der Waals surface area contributed by atoms with Crippen LogP contribution < -0.4 is 15.4 Å². The normalized spacial score (nSPS) is 13.5. The van der Waals surface area contributed by atoms with E-state index in [1.54, 1.807) is 18.2 Å². The molecule has 1 fully saturated rings. The van der Waals surface area contributed by atoms with Crippen molar-refractivity contribution in [3.8, 4) is 5.75 Å². The lowest BCUT2D eigenvalue weighted by Crippen LogP contribution is -2.29. The highest BCUT2D eigenvalue weighted by Crippen LogP contribution is 2.37. The molecule has 0 aromatic heterocycles. The van der Waals surface area contributed by atoms with Crippen molar-refractivity contribution in [3.63, 3.8) is 0 Å². The number of rotatable bonds is 8. The summed E-state index contributed by atoms with van der Waals surface area (Å²) in [6.45, 7) is -0.294. The van der Waals surface area contributed by atoms with E-state index in [0.29, 0.717) is 30.8 Å². The summed E-state index contributed by atoms with van der Waals surface area (Å²) in [4.78, 5) is 22.7. The molecule has 3 rings (SSSR count). The summed E-state index contributed by atoms with van der Waals surface area (Å²) < 4.78 is 6.99. The fourth-order valence-corrected chi connectivity index (χ4v) is 4.74. The average Bonchev–Trinajstić information content (AvgIpc) is 2.64. The van der Waals surface area contributed by atoms with Crippen molar-refractivity contribution in [2.45, 2.75) is 31.9 Å². The van der Waals surface area contributed by atoms with Crippen LogP contribution in [0.3, 0.4) is 0 Å². The molecule has 0 heterocycles. The minimum Gasteiger partial charge on any atom is -0.486 e. The second-order valence-corrected chi connectivity index (χ2v) is 9.36. The molecule has 3 N–H and O–H groups in total. The van der Waals surface area contributed by atoms with Gasteiger partial charge in [-0.25, -0.2) is 0 Å². The van der Waals surface area contributed by atoms with E-state index < -0.39 is 18.4 Å². The lowest BCUT2D eigenvalue weighted by atomic mass is 9.93. The van der Waals surface area contributed by atoms with E-state index in [9.17, 15) is 9.59 Å². The van der Waals surface area contributed by atoms with Gasteiger partial charge < -0.3 is 20.5 Å². The Morgan fingerprint density at radius 2 is 1.80 bits per heavy atom. The van der Waals surface area contributed by atoms with Crippen LogP contribution in [0.2, 0.25) is 10.0 Å². The van der Waals surface area contributed by atoms with Crippen LogP contribution >= 0.6 is 55.1 Å². The van der Waals surface area contributed by atoms with Crippen molar-refractivity contribution in [1.82, 2.24) is 5.32 Å². The van der Waals surface area contributed by atoms with Crippen LogP contribution in [-0.4, -0.2) is 29.6 Å². The molecule has 6 nitrogen and oxygen atoms in total. The van der Waals surface area contributed by atoms with Gasteiger partial charge in [-0.2, -0.15) is 0 Å². The molecule has 1 saturated carbocycles. The standard InChI is InChI=1S/C20H18Br2Cl2N2O4/c21-14-5-10(20(29)25-8-17(27)28)6-15(22)19(14)30-9-11-4-12(23)7-16(18(11)24)26-13-2-1-3-13/h4-7,13,26H,1-3,8-9H2,(H,25,29)(H,27,28). The Kier molecular flexibility index (Phi) is 7.90. The number of hydrogen-bond acceptors (Lipinski definition) is 4. The van der Waals surface area contributed by atoms with Crippen LogP contribution in [0.5, 0.6) is 5.75 Å². The maximum absolute atomic E-state index is 12.1. The highest BCUT2D eigenvalue weighted by atomic mass is 79.9. The monoisotopic (exact) mass is 578 g/mol. The van der Waals surface area contributed by atoms with Crippen molar-refractivity contribution < 1.29 is 19.4 Å². The maximum Gasteiger partial charge on any atom is 0.322 e. The molecule has 0 radical (unpaired) electrons. The number of carboxylic acid groups (broad SMARTS) is 1. The number of ether oxygens (including phenoxy) is 1. The van der Waals surface area contributed by atoms with Crippen LogP contribution in [0.15, 0.2) is 33.2 Å². The number of aliphatic carboxylic acids is 1. The topological polar surface area (TPSA) is 87.7 Å². The third-order valence-electron chi connectivity index (χ3n) is 4.61. The molecule has 1 aliphatic rings. The summed E-state index contributed by atoms with van der Waals surface area (Å²) in [5, 5.41) is 15.5. The van der Waals surface area contributed by atoms with Crippen molar-refractivity contribution in [3.05, 3.63) is 54.4 Å². The van der Waals surface area contributed by atoms with Crippen LogP contribution in [0, 0.1) is 0 Å². The minimum absolute atomic E-state index is 0.167. The third-order valence-corrected chi connectivity index (χ3v) is 6.45. The zero-order chi connectivity index (χ0) is 21.8. The van der Waals surface area contributed by atoms with Gasteiger partial charge in [0, 0.05) is 22.2 Å². The van der Waals surface area contributed by atoms with Gasteiger partial charge in [0.1, 0.15) is 18.9 Å². The fourth-order valence-electron chi connectivity index (χ4n) is 2.87. The van der Waals surface area contributed by atoms with Gasteiger partial charge >= 0.3 is 5.97 Å². The first-order chi connectivity index (χ1) is 14.2. The molecule has 0 atom stereocenters. The van der Waals surface area contributed by atoms with Gasteiger partial charge in [0.05, 0.1) is 19.7 Å². The summed E-state index contributed by atoms with van der Waals surface area (Å²) in [5.41, 5.74) is 1.80. The maximum atomic E-state index is 12.1. The van der Waals surface area contributed by atoms with Gasteiger partial charge in [0.25, 0.3) is 5.91 Å². The summed E-state index contributed by atoms with van der Waals surface area (Å²) >= 11 is 19.6. The minimum atomic E-state index is -1.12. The molecule has 30 heavy (non-hydrogen) atoms. The summed E-state index contributed by atoms with van der Waals surface area (Å²) in [7, 11) is 0. The molecule has 0 spiro atoms. The Labute approximate surface area is 200 Å². The van der Waals surface area contributed by atoms with Crippen LogP contribution in [0.25, 0.3) is 0 Å². The highest BCUT2D eigenvalue weighted by Gasteiger charge is 2.20. The molecule has 0 bridgehead atoms. The zero-order valence-electron chi connectivity index (χ0n) is 15.6. The van der Waals surface area contributed by atoms with Crippen LogP contribution in [-0.2, 0) is 11.4 Å². The summed E-state index contributed by atoms with van der Waals surface area (Å²) in [6.07, 6.45) is 3.43. The second-order valence-electron chi connectivity index (χ2n) is 6.83. The predicted molar refractivity (Wildman–Crippen MR) is 124 cm³/mol. The Balaban J connectivity index is 1.74. The Morgan fingerprint density at radius 3 is 2.37 bits per heavy atom. The lowest BCUT2D eigenvalue weighted by molar-refractivity contribution is -0.135. The van der Waals surface area contributed by atoms with E-state index in [1.807, 2.05) is 6.07 Å². The number of benzene rings is 2. The van der Waals surface area contributed by atoms with E-state index >= 15 is 0 Å². The average molecular weight is 581 g/mol. The SMILES string of the molecule is O=C(O)CNC(=O)c1cc(Br)c(OCc2cc(Cl)cc(NC3CCC3)c2Cl)c(Br)c1. The molecule has 0 aliphatic heterocycles. The second kappa shape index (κ2) is 10.2. The molecule has 10 heteroatoms. The Morgan fingerprint density at radius 1 is 1.13 bits per heavy atom. The first-order valence-corrected chi connectivity index (χ1v) is 11.4. The van der Waals surface area contributed by atoms with Crippen molar-refractivity contribution >= 4 is 72.6 Å². The number of carbonyl (C=O) groups excluding carboxylic acids is 1. The largest absolute Gasteiger partial charge is 0.486 e. The van der Waals surface area contributed by atoms with Crippen LogP contribution in [0.1, 0.15) is 35.2 Å². The number of nitrogens with one attached hydrogen (secondary N) is 2. The van der Waals surface area contributed by atoms with E-state index in [1.165, 1.54) is 6.42 Å². The molecule has 1 aliphatic carbocycles. The molecule has 0 saturated heterocycles. The third kappa shape index (κ3) is 5.81. The molecule has 1 amide bonds. The first kappa shape index (κ1) is 23.2. The molecule has 2 aromatic rings. The van der Waals surface area contributed by atoms with Gasteiger partial charge in [0.15, 0.2) is 0 Å². The smallest absolute Gasteiger partial charge is 0.322 e. The van der Waals surface area contributed by atoms with E-state index in [4.69, 9.17) is 33.0 Å². The Bertz CT molecular complexity index is 961. The predicted octanol–water partition coefficient (Wildman–Crippen LogP) is 5.88. The molecule has 2 aromatic carbocycles. The van der Waals surface area contributed by atoms with Gasteiger partial charge in [-0.1, -0.05) is 23.2 Å². The lowest BCUT2D eigenvalue weighted by Gasteiger charge is -2.28. The van der Waals surface area contributed by atoms with E-state index in [-0.39, 0.29) is 12.2 Å². The molecule has 160 valence electrons. The quantitative estimate of drug-likeness (QED) is 0.363. The number of carbonyl (C=O) groups is 2. The van der Waals surface area contributed by atoms with Gasteiger partial charge in [-0.3, -0.25) is 9.59 Å². The number of carboxylic acids is 1. The Hall–Kier alpha value is -1.48. The van der Waals surface area contributed by atoms with Crippen molar-refractivity contribution in [2.75, 3.05) is 11.9 Å². The van der Waals surface area contributed by atoms with Gasteiger partial charge in [-0.05, 0) is 75.4 Å². The fraction of sp³-hybridized carbons (Fsp3) is 0.300. The summed E-state index contributed by atoms with van der Waals surface area (Å²) in [6, 6.07) is 7.09. The molecular formula is C20H18Br2Cl2N2O4. The molecule has 0 unspecified atom stereocenters. The van der Waals surface area contributed by atoms with Crippen molar-refractivity contribution in [1.29, 1.82) is 0 Å². The zero-order valence-corrected chi connectivity index (χ0v) is 20.3. The van der Waals surface area contributed by atoms with Gasteiger partial charge in [0.2, 0.25) is 0 Å². The number of halogens is 4. The van der Waals surface area contributed by atoms with Crippen molar-refractivity contribution in [2.24, 2.45) is 0 Å². The van der Waals surface area contributed by atoms with E-state index in [0.717, 1.165) is 24.1 Å². The molecular weight excluding hydrogens is 563 g/mol. The van der Waals surface area contributed by atoms with Crippen LogP contribution in [0.4, 0.5) is 5.69 Å².